The number of amides is 1. The molecule has 0 saturated heterocycles. The van der Waals surface area contributed by atoms with Crippen LogP contribution in [0.1, 0.15) is 24.4 Å². The van der Waals surface area contributed by atoms with Crippen molar-refractivity contribution in [3.63, 3.8) is 0 Å². The van der Waals surface area contributed by atoms with Crippen molar-refractivity contribution in [2.75, 3.05) is 11.4 Å². The number of anilines is 1. The van der Waals surface area contributed by atoms with Crippen molar-refractivity contribution in [3.05, 3.63) is 76.6 Å². The zero-order valence-corrected chi connectivity index (χ0v) is 15.0. The van der Waals surface area contributed by atoms with Crippen LogP contribution in [0.2, 0.25) is 0 Å². The predicted molar refractivity (Wildman–Crippen MR) is 102 cm³/mol. The van der Waals surface area contributed by atoms with Gasteiger partial charge in [0.25, 0.3) is 5.91 Å². The van der Waals surface area contributed by atoms with E-state index in [0.717, 1.165) is 6.07 Å². The Balaban J connectivity index is 1.79. The summed E-state index contributed by atoms with van der Waals surface area (Å²) in [5.74, 6) is -1.45. The quantitative estimate of drug-likeness (QED) is 0.648. The lowest BCUT2D eigenvalue weighted by molar-refractivity contribution is -0.126. The highest BCUT2D eigenvalue weighted by molar-refractivity contribution is 5.98. The molecule has 0 saturated carbocycles. The van der Waals surface area contributed by atoms with E-state index in [-0.39, 0.29) is 22.7 Å². The highest BCUT2D eigenvalue weighted by atomic mass is 16.6. The van der Waals surface area contributed by atoms with E-state index in [9.17, 15) is 14.4 Å². The number of carbonyl (C=O) groups excluding carboxylic acids is 2. The molecule has 6 heteroatoms. The lowest BCUT2D eigenvalue weighted by Gasteiger charge is -2.24. The second-order valence-corrected chi connectivity index (χ2v) is 5.94. The molecule has 0 aliphatic carbocycles. The minimum Gasteiger partial charge on any atom is -0.449 e. The van der Waals surface area contributed by atoms with E-state index in [4.69, 9.17) is 9.15 Å². The Hall–Kier alpha value is -3.41. The van der Waals surface area contributed by atoms with Crippen molar-refractivity contribution in [2.24, 2.45) is 0 Å². The molecule has 0 aliphatic heterocycles. The van der Waals surface area contributed by atoms with E-state index in [1.807, 2.05) is 25.1 Å². The first-order chi connectivity index (χ1) is 13.0. The molecule has 3 rings (SSSR count). The summed E-state index contributed by atoms with van der Waals surface area (Å²) < 4.78 is 10.7. The highest BCUT2D eigenvalue weighted by Gasteiger charge is 2.25. The molecule has 1 atom stereocenters. The largest absolute Gasteiger partial charge is 0.449 e. The molecule has 2 aromatic carbocycles. The third-order valence-electron chi connectivity index (χ3n) is 4.12. The van der Waals surface area contributed by atoms with Gasteiger partial charge in [-0.2, -0.15) is 0 Å². The van der Waals surface area contributed by atoms with Crippen LogP contribution in [0.5, 0.6) is 0 Å². The van der Waals surface area contributed by atoms with Crippen molar-refractivity contribution >= 4 is 28.5 Å². The van der Waals surface area contributed by atoms with E-state index in [2.05, 4.69) is 0 Å². The van der Waals surface area contributed by atoms with Gasteiger partial charge in [0.2, 0.25) is 5.76 Å². The van der Waals surface area contributed by atoms with Crippen molar-refractivity contribution in [1.29, 1.82) is 0 Å². The lowest BCUT2D eigenvalue weighted by atomic mass is 10.2. The second-order valence-electron chi connectivity index (χ2n) is 5.94. The number of rotatable bonds is 5. The molecule has 27 heavy (non-hydrogen) atoms. The Labute approximate surface area is 156 Å². The Morgan fingerprint density at radius 3 is 2.44 bits per heavy atom. The maximum absolute atomic E-state index is 12.7. The van der Waals surface area contributed by atoms with Crippen LogP contribution in [0.4, 0.5) is 5.69 Å². The Bertz CT molecular complexity index is 1030. The topological polar surface area (TPSA) is 76.8 Å². The number of hydrogen-bond donors (Lipinski definition) is 0. The maximum Gasteiger partial charge on any atom is 0.375 e. The molecular formula is C21H19NO5. The average Bonchev–Trinajstić information content (AvgIpc) is 2.69. The molecule has 0 spiro atoms. The van der Waals surface area contributed by atoms with Crippen molar-refractivity contribution < 1.29 is 18.7 Å². The summed E-state index contributed by atoms with van der Waals surface area (Å²) in [5.41, 5.74) is 0.655. The molecular weight excluding hydrogens is 346 g/mol. The van der Waals surface area contributed by atoms with E-state index >= 15 is 0 Å². The molecule has 1 heterocycles. The van der Waals surface area contributed by atoms with Crippen LogP contribution in [-0.4, -0.2) is 24.5 Å². The fourth-order valence-corrected chi connectivity index (χ4v) is 2.77. The van der Waals surface area contributed by atoms with Gasteiger partial charge in [-0.3, -0.25) is 9.59 Å². The fourth-order valence-electron chi connectivity index (χ4n) is 2.77. The number of ether oxygens (including phenoxy) is 1. The van der Waals surface area contributed by atoms with E-state index in [1.165, 1.54) is 11.8 Å². The lowest BCUT2D eigenvalue weighted by Crippen LogP contribution is -2.40. The monoisotopic (exact) mass is 365 g/mol. The summed E-state index contributed by atoms with van der Waals surface area (Å²) in [7, 11) is 0. The predicted octanol–water partition coefficient (Wildman–Crippen LogP) is 3.39. The smallest absolute Gasteiger partial charge is 0.375 e. The van der Waals surface area contributed by atoms with Crippen molar-refractivity contribution in [3.8, 4) is 0 Å². The molecule has 0 fully saturated rings. The van der Waals surface area contributed by atoms with Crippen molar-refractivity contribution in [2.45, 2.75) is 20.0 Å². The third-order valence-corrected chi connectivity index (χ3v) is 4.12. The van der Waals surface area contributed by atoms with Gasteiger partial charge in [0, 0.05) is 18.3 Å². The summed E-state index contributed by atoms with van der Waals surface area (Å²) in [6, 6.07) is 16.8. The highest BCUT2D eigenvalue weighted by Crippen LogP contribution is 2.17. The fraction of sp³-hybridized carbons (Fsp3) is 0.190. The van der Waals surface area contributed by atoms with E-state index in [0.29, 0.717) is 17.6 Å². The minimum atomic E-state index is -1.03. The number of para-hydroxylation sites is 2. The van der Waals surface area contributed by atoms with E-state index < -0.39 is 12.1 Å². The third kappa shape index (κ3) is 3.89. The van der Waals surface area contributed by atoms with Crippen LogP contribution in [0.15, 0.2) is 69.9 Å². The number of likely N-dealkylation sites (N-methyl/N-ethyl adjacent to an activating group) is 1. The summed E-state index contributed by atoms with van der Waals surface area (Å²) in [5, 5.41) is 0.374. The van der Waals surface area contributed by atoms with Gasteiger partial charge in [-0.05, 0) is 38.1 Å². The molecule has 0 aliphatic rings. The van der Waals surface area contributed by atoms with Gasteiger partial charge in [0.15, 0.2) is 11.5 Å². The maximum atomic E-state index is 12.7. The molecule has 0 unspecified atom stereocenters. The summed E-state index contributed by atoms with van der Waals surface area (Å²) in [4.78, 5) is 38.7. The number of benzene rings is 2. The molecule has 6 nitrogen and oxygen atoms in total. The number of carbonyl (C=O) groups is 2. The van der Waals surface area contributed by atoms with Crippen LogP contribution in [0, 0.1) is 0 Å². The summed E-state index contributed by atoms with van der Waals surface area (Å²) in [6.45, 7) is 3.75. The van der Waals surface area contributed by atoms with Crippen LogP contribution in [0.25, 0.3) is 11.0 Å². The molecule has 3 aromatic rings. The normalized spacial score (nSPS) is 11.8. The average molecular weight is 365 g/mol. The zero-order valence-electron chi connectivity index (χ0n) is 15.0. The molecule has 138 valence electrons. The van der Waals surface area contributed by atoms with Gasteiger partial charge in [-0.1, -0.05) is 30.3 Å². The molecule has 1 aromatic heterocycles. The molecule has 0 N–H and O–H groups in total. The number of fused-ring (bicyclic) bond motifs is 1. The van der Waals surface area contributed by atoms with Gasteiger partial charge in [0.05, 0.1) is 5.39 Å². The SMILES string of the molecule is CCN(C(=O)[C@@H](C)OC(=O)c1cc(=O)c2ccccc2o1)c1ccccc1. The number of nitrogens with zero attached hydrogens (tertiary/aromatic N) is 1. The van der Waals surface area contributed by atoms with Crippen molar-refractivity contribution in [1.82, 2.24) is 0 Å². The van der Waals surface area contributed by atoms with Gasteiger partial charge in [-0.25, -0.2) is 4.79 Å². The summed E-state index contributed by atoms with van der Waals surface area (Å²) in [6.07, 6.45) is -1.03. The summed E-state index contributed by atoms with van der Waals surface area (Å²) >= 11 is 0. The Kier molecular flexibility index (Phi) is 5.35. The first-order valence-electron chi connectivity index (χ1n) is 8.61. The number of hydrogen-bond acceptors (Lipinski definition) is 5. The molecule has 0 bridgehead atoms. The number of esters is 1. The van der Waals surface area contributed by atoms with Gasteiger partial charge in [-0.15, -0.1) is 0 Å². The van der Waals surface area contributed by atoms with Gasteiger partial charge >= 0.3 is 5.97 Å². The first-order valence-corrected chi connectivity index (χ1v) is 8.61. The molecule has 1 amide bonds. The standard InChI is InChI=1S/C21H19NO5/c1-3-22(15-9-5-4-6-10-15)20(24)14(2)26-21(25)19-13-17(23)16-11-7-8-12-18(16)27-19/h4-14H,3H2,1-2H3/t14-/m1/s1. The Morgan fingerprint density at radius 2 is 1.74 bits per heavy atom. The second kappa shape index (κ2) is 7.86. The van der Waals surface area contributed by atoms with E-state index in [1.54, 1.807) is 36.4 Å². The van der Waals surface area contributed by atoms with Crippen LogP contribution >= 0.6 is 0 Å². The van der Waals surface area contributed by atoms with Crippen LogP contribution in [-0.2, 0) is 9.53 Å². The first kappa shape index (κ1) is 18.4. The van der Waals surface area contributed by atoms with Crippen LogP contribution in [0.3, 0.4) is 0 Å². The Morgan fingerprint density at radius 1 is 1.07 bits per heavy atom. The van der Waals surface area contributed by atoms with Gasteiger partial charge < -0.3 is 14.1 Å². The minimum absolute atomic E-state index is 0.235. The van der Waals surface area contributed by atoms with Crippen LogP contribution < -0.4 is 10.3 Å². The van der Waals surface area contributed by atoms with Gasteiger partial charge in [0.1, 0.15) is 5.58 Å². The molecule has 0 radical (unpaired) electrons. The zero-order chi connectivity index (χ0) is 19.4.